The molecule has 0 amide bonds. The molecule has 0 saturated heterocycles. The Hall–Kier alpha value is -1.79. The first kappa shape index (κ1) is 14.2. The molecule has 2 N–H and O–H groups in total. The van der Waals surface area contributed by atoms with Gasteiger partial charge in [-0.2, -0.15) is 0 Å². The zero-order valence-electron chi connectivity index (χ0n) is 10.9. The second-order valence-corrected chi connectivity index (χ2v) is 5.64. The fourth-order valence-electron chi connectivity index (χ4n) is 2.15. The second kappa shape index (κ2) is 5.20. The topological polar surface area (TPSA) is 53.1 Å². The van der Waals surface area contributed by atoms with Crippen molar-refractivity contribution < 1.29 is 9.13 Å². The van der Waals surface area contributed by atoms with Crippen molar-refractivity contribution in [2.45, 2.75) is 0 Å². The molecular weight excluding hydrogens is 361 g/mol. The number of hydrogen-bond acceptors (Lipinski definition) is 3. The predicted octanol–water partition coefficient (Wildman–Crippen LogP) is 4.17. The van der Waals surface area contributed by atoms with E-state index in [-0.39, 0.29) is 11.8 Å². The third-order valence-electron chi connectivity index (χ3n) is 3.12. The van der Waals surface area contributed by atoms with Gasteiger partial charge in [0, 0.05) is 12.1 Å². The Kier molecular flexibility index (Phi) is 3.51. The maximum atomic E-state index is 13.6. The summed E-state index contributed by atoms with van der Waals surface area (Å²) < 4.78 is 20.8. The highest BCUT2D eigenvalue weighted by Gasteiger charge is 2.14. The summed E-state index contributed by atoms with van der Waals surface area (Å²) in [5.41, 5.74) is 7.85. The molecule has 0 aliphatic heterocycles. The molecule has 0 aliphatic carbocycles. The summed E-state index contributed by atoms with van der Waals surface area (Å²) in [7, 11) is 1.53. The number of halogens is 3. The molecule has 0 atom stereocenters. The van der Waals surface area contributed by atoms with Crippen LogP contribution < -0.4 is 10.5 Å². The highest BCUT2D eigenvalue weighted by Crippen LogP contribution is 2.31. The molecule has 0 spiro atoms. The molecule has 0 aliphatic rings. The van der Waals surface area contributed by atoms with Crippen LogP contribution in [0.25, 0.3) is 16.7 Å². The van der Waals surface area contributed by atoms with Gasteiger partial charge in [-0.05, 0) is 34.1 Å². The number of aromatic nitrogens is 2. The van der Waals surface area contributed by atoms with E-state index < -0.39 is 0 Å². The van der Waals surface area contributed by atoms with Crippen molar-refractivity contribution in [1.29, 1.82) is 0 Å². The lowest BCUT2D eigenvalue weighted by molar-refractivity contribution is 0.415. The molecule has 0 fully saturated rings. The number of nitrogen functional groups attached to an aromatic ring is 1. The number of imidazole rings is 1. The van der Waals surface area contributed by atoms with Gasteiger partial charge in [0.2, 0.25) is 5.95 Å². The minimum atomic E-state index is -0.388. The Labute approximate surface area is 133 Å². The van der Waals surface area contributed by atoms with E-state index in [9.17, 15) is 4.39 Å². The third kappa shape index (κ3) is 2.34. The number of nitrogens with zero attached hydrogens (tertiary/aromatic N) is 2. The average Bonchev–Trinajstić information content (AvgIpc) is 2.75. The predicted molar refractivity (Wildman–Crippen MR) is 84.7 cm³/mol. The van der Waals surface area contributed by atoms with Crippen LogP contribution in [-0.2, 0) is 0 Å². The van der Waals surface area contributed by atoms with Gasteiger partial charge in [0.25, 0.3) is 0 Å². The van der Waals surface area contributed by atoms with Gasteiger partial charge in [-0.1, -0.05) is 11.6 Å². The lowest BCUT2D eigenvalue weighted by Crippen LogP contribution is -2.01. The molecule has 2 aromatic carbocycles. The second-order valence-electron chi connectivity index (χ2n) is 4.38. The Bertz CT molecular complexity index is 850. The number of anilines is 1. The standard InChI is InChI=1S/C14H10BrClFN3O/c1-21-13-4-7(2-3-9(13)16)20-12-5-8(15)10(17)6-11(12)19-14(20)18/h2-6H,1H3,(H2,18,19). The van der Waals surface area contributed by atoms with Crippen LogP contribution in [0.4, 0.5) is 10.3 Å². The summed E-state index contributed by atoms with van der Waals surface area (Å²) in [5.74, 6) is 0.393. The summed E-state index contributed by atoms with van der Waals surface area (Å²) in [6.07, 6.45) is 0. The van der Waals surface area contributed by atoms with Gasteiger partial charge in [-0.3, -0.25) is 4.57 Å². The Morgan fingerprint density at radius 1 is 1.33 bits per heavy atom. The molecule has 3 aromatic rings. The molecule has 7 heteroatoms. The normalized spacial score (nSPS) is 11.0. The quantitative estimate of drug-likeness (QED) is 0.736. The van der Waals surface area contributed by atoms with Crippen LogP contribution in [0.15, 0.2) is 34.8 Å². The van der Waals surface area contributed by atoms with Crippen molar-refractivity contribution in [2.24, 2.45) is 0 Å². The molecule has 1 aromatic heterocycles. The first-order valence-corrected chi connectivity index (χ1v) is 7.15. The lowest BCUT2D eigenvalue weighted by atomic mass is 10.2. The minimum absolute atomic E-state index is 0.256. The monoisotopic (exact) mass is 369 g/mol. The molecule has 0 bridgehead atoms. The Morgan fingerprint density at radius 3 is 2.81 bits per heavy atom. The number of ether oxygens (including phenoxy) is 1. The zero-order valence-corrected chi connectivity index (χ0v) is 13.2. The third-order valence-corrected chi connectivity index (χ3v) is 4.04. The van der Waals surface area contributed by atoms with E-state index in [1.54, 1.807) is 28.8 Å². The number of benzene rings is 2. The summed E-state index contributed by atoms with van der Waals surface area (Å²) in [6.45, 7) is 0. The summed E-state index contributed by atoms with van der Waals surface area (Å²) in [5, 5.41) is 0.497. The van der Waals surface area contributed by atoms with E-state index >= 15 is 0 Å². The molecule has 3 rings (SSSR count). The van der Waals surface area contributed by atoms with Crippen molar-refractivity contribution >= 4 is 44.5 Å². The van der Waals surface area contributed by atoms with Gasteiger partial charge in [-0.15, -0.1) is 0 Å². The van der Waals surface area contributed by atoms with Gasteiger partial charge >= 0.3 is 0 Å². The molecule has 1 heterocycles. The molecule has 21 heavy (non-hydrogen) atoms. The SMILES string of the molecule is COc1cc(-n2c(N)nc3cc(F)c(Br)cc32)ccc1Cl. The van der Waals surface area contributed by atoms with Crippen molar-refractivity contribution in [2.75, 3.05) is 12.8 Å². The molecule has 0 radical (unpaired) electrons. The highest BCUT2D eigenvalue weighted by atomic mass is 79.9. The van der Waals surface area contributed by atoms with Crippen molar-refractivity contribution in [3.8, 4) is 11.4 Å². The van der Waals surface area contributed by atoms with Crippen LogP contribution >= 0.6 is 27.5 Å². The van der Waals surface area contributed by atoms with Crippen LogP contribution in [0.1, 0.15) is 0 Å². The van der Waals surface area contributed by atoms with E-state index in [1.165, 1.54) is 13.2 Å². The van der Waals surface area contributed by atoms with E-state index in [1.807, 2.05) is 0 Å². The van der Waals surface area contributed by atoms with Crippen LogP contribution in [0, 0.1) is 5.82 Å². The van der Waals surface area contributed by atoms with Gasteiger partial charge < -0.3 is 10.5 Å². The number of fused-ring (bicyclic) bond motifs is 1. The van der Waals surface area contributed by atoms with Crippen molar-refractivity contribution in [1.82, 2.24) is 9.55 Å². The van der Waals surface area contributed by atoms with Gasteiger partial charge in [-0.25, -0.2) is 9.37 Å². The Balaban J connectivity index is 2.29. The van der Waals surface area contributed by atoms with Crippen molar-refractivity contribution in [3.63, 3.8) is 0 Å². The zero-order chi connectivity index (χ0) is 15.1. The van der Waals surface area contributed by atoms with E-state index in [4.69, 9.17) is 22.1 Å². The fraction of sp³-hybridized carbons (Fsp3) is 0.0714. The lowest BCUT2D eigenvalue weighted by Gasteiger charge is -2.10. The van der Waals surface area contributed by atoms with Crippen molar-refractivity contribution in [3.05, 3.63) is 45.6 Å². The summed E-state index contributed by atoms with van der Waals surface area (Å²) in [6, 6.07) is 8.21. The fourth-order valence-corrected chi connectivity index (χ4v) is 2.68. The van der Waals surface area contributed by atoms with Gasteiger partial charge in [0.1, 0.15) is 11.6 Å². The Morgan fingerprint density at radius 2 is 2.10 bits per heavy atom. The average molecular weight is 371 g/mol. The minimum Gasteiger partial charge on any atom is -0.495 e. The molecule has 0 saturated carbocycles. The molecular formula is C14H10BrClFN3O. The molecule has 108 valence electrons. The summed E-state index contributed by atoms with van der Waals surface area (Å²) >= 11 is 9.19. The number of nitrogens with two attached hydrogens (primary N) is 1. The number of rotatable bonds is 2. The van der Waals surface area contributed by atoms with Gasteiger partial charge in [0.05, 0.1) is 33.3 Å². The van der Waals surface area contributed by atoms with E-state index in [0.717, 1.165) is 5.69 Å². The molecule has 0 unspecified atom stereocenters. The molecule has 4 nitrogen and oxygen atoms in total. The largest absolute Gasteiger partial charge is 0.495 e. The first-order valence-electron chi connectivity index (χ1n) is 5.98. The van der Waals surface area contributed by atoms with Crippen LogP contribution in [-0.4, -0.2) is 16.7 Å². The first-order chi connectivity index (χ1) is 10.0. The number of hydrogen-bond donors (Lipinski definition) is 1. The summed E-state index contributed by atoms with van der Waals surface area (Å²) in [4.78, 5) is 4.18. The smallest absolute Gasteiger partial charge is 0.205 e. The van der Waals surface area contributed by atoms with E-state index in [2.05, 4.69) is 20.9 Å². The van der Waals surface area contributed by atoms with Crippen LogP contribution in [0.5, 0.6) is 5.75 Å². The maximum absolute atomic E-state index is 13.6. The van der Waals surface area contributed by atoms with Crippen LogP contribution in [0.3, 0.4) is 0 Å². The van der Waals surface area contributed by atoms with Gasteiger partial charge in [0.15, 0.2) is 0 Å². The van der Waals surface area contributed by atoms with Crippen LogP contribution in [0.2, 0.25) is 5.02 Å². The maximum Gasteiger partial charge on any atom is 0.205 e. The highest BCUT2D eigenvalue weighted by molar-refractivity contribution is 9.10. The van der Waals surface area contributed by atoms with E-state index in [0.29, 0.717) is 26.3 Å². The number of methoxy groups -OCH3 is 1.